The Morgan fingerprint density at radius 2 is 1.82 bits per heavy atom. The number of hydrogen-bond acceptors (Lipinski definition) is 3. The Kier molecular flexibility index (Phi) is 6.43. The van der Waals surface area contributed by atoms with Crippen LogP contribution in [-0.2, 0) is 4.79 Å². The first-order valence-electron chi connectivity index (χ1n) is 9.49. The normalized spacial score (nSPS) is 17.7. The van der Waals surface area contributed by atoms with E-state index in [9.17, 15) is 4.79 Å². The SMILES string of the molecule is C=C(C)C1CC=C(C)/C(=N/NC(=O)COc2ccc(-c3ccccc3)cc2)C1. The summed E-state index contributed by atoms with van der Waals surface area (Å²) in [4.78, 5) is 12.1. The molecule has 0 bridgehead atoms. The van der Waals surface area contributed by atoms with Crippen molar-refractivity contribution in [1.82, 2.24) is 5.43 Å². The third-order valence-electron chi connectivity index (χ3n) is 4.95. The molecule has 4 heteroatoms. The zero-order valence-corrected chi connectivity index (χ0v) is 16.4. The van der Waals surface area contributed by atoms with E-state index < -0.39 is 0 Å². The van der Waals surface area contributed by atoms with Crippen LogP contribution in [0, 0.1) is 5.92 Å². The molecule has 0 aliphatic heterocycles. The number of carbonyl (C=O) groups is 1. The molecule has 0 fully saturated rings. The standard InChI is InChI=1S/C24H26N2O2/c1-17(2)21-10-9-18(3)23(15-21)25-26-24(27)16-28-22-13-11-20(12-14-22)19-7-5-4-6-8-19/h4-9,11-14,21H,1,10,15-16H2,2-3H3,(H,26,27)/b25-23+. The lowest BCUT2D eigenvalue weighted by Gasteiger charge is -2.22. The Balaban J connectivity index is 1.52. The smallest absolute Gasteiger partial charge is 0.277 e. The summed E-state index contributed by atoms with van der Waals surface area (Å²) in [5.41, 5.74) is 8.01. The average molecular weight is 374 g/mol. The van der Waals surface area contributed by atoms with E-state index in [0.29, 0.717) is 11.7 Å². The van der Waals surface area contributed by atoms with Gasteiger partial charge in [-0.2, -0.15) is 5.10 Å². The van der Waals surface area contributed by atoms with Crippen LogP contribution in [0.4, 0.5) is 0 Å². The van der Waals surface area contributed by atoms with Crippen LogP contribution < -0.4 is 10.2 Å². The van der Waals surface area contributed by atoms with Crippen molar-refractivity contribution in [2.24, 2.45) is 11.0 Å². The molecule has 1 amide bonds. The third-order valence-corrected chi connectivity index (χ3v) is 4.95. The highest BCUT2D eigenvalue weighted by atomic mass is 16.5. The summed E-state index contributed by atoms with van der Waals surface area (Å²) >= 11 is 0. The minimum Gasteiger partial charge on any atom is -0.484 e. The first kappa shape index (κ1) is 19.6. The van der Waals surface area contributed by atoms with E-state index in [1.54, 1.807) is 0 Å². The fourth-order valence-electron chi connectivity index (χ4n) is 3.11. The van der Waals surface area contributed by atoms with E-state index in [4.69, 9.17) is 4.74 Å². The van der Waals surface area contributed by atoms with Gasteiger partial charge in [0.2, 0.25) is 0 Å². The molecule has 2 aromatic rings. The predicted molar refractivity (Wildman–Crippen MR) is 114 cm³/mol. The lowest BCUT2D eigenvalue weighted by Crippen LogP contribution is -2.27. The molecule has 0 aromatic heterocycles. The number of hydrogen-bond donors (Lipinski definition) is 1. The molecule has 0 saturated heterocycles. The molecule has 0 radical (unpaired) electrons. The van der Waals surface area contributed by atoms with Gasteiger partial charge in [-0.25, -0.2) is 5.43 Å². The quantitative estimate of drug-likeness (QED) is 0.562. The van der Waals surface area contributed by atoms with E-state index in [-0.39, 0.29) is 12.5 Å². The molecule has 2 aromatic carbocycles. The number of nitrogens with one attached hydrogen (secondary N) is 1. The number of amides is 1. The van der Waals surface area contributed by atoms with Crippen molar-refractivity contribution in [3.63, 3.8) is 0 Å². The van der Waals surface area contributed by atoms with Crippen molar-refractivity contribution in [3.05, 3.63) is 78.4 Å². The summed E-state index contributed by atoms with van der Waals surface area (Å²) in [5, 5.41) is 4.29. The second-order valence-electron chi connectivity index (χ2n) is 7.14. The summed E-state index contributed by atoms with van der Waals surface area (Å²) in [5.74, 6) is 0.766. The lowest BCUT2D eigenvalue weighted by atomic mass is 9.85. The van der Waals surface area contributed by atoms with Crippen molar-refractivity contribution < 1.29 is 9.53 Å². The van der Waals surface area contributed by atoms with Gasteiger partial charge in [-0.15, -0.1) is 0 Å². The van der Waals surface area contributed by atoms with Crippen molar-refractivity contribution >= 4 is 11.6 Å². The second-order valence-corrected chi connectivity index (χ2v) is 7.14. The Bertz CT molecular complexity index is 896. The van der Waals surface area contributed by atoms with E-state index >= 15 is 0 Å². The first-order chi connectivity index (χ1) is 13.5. The fraction of sp³-hybridized carbons (Fsp3) is 0.250. The van der Waals surface area contributed by atoms with Crippen molar-refractivity contribution in [2.45, 2.75) is 26.7 Å². The maximum Gasteiger partial charge on any atom is 0.277 e. The molecule has 1 aliphatic rings. The summed E-state index contributed by atoms with van der Waals surface area (Å²) in [6.07, 6.45) is 3.94. The first-order valence-corrected chi connectivity index (χ1v) is 9.49. The summed E-state index contributed by atoms with van der Waals surface area (Å²) in [6, 6.07) is 17.8. The molecule has 0 heterocycles. The zero-order chi connectivity index (χ0) is 19.9. The summed E-state index contributed by atoms with van der Waals surface area (Å²) in [7, 11) is 0. The van der Waals surface area contributed by atoms with Gasteiger partial charge in [-0.1, -0.05) is 60.7 Å². The summed E-state index contributed by atoms with van der Waals surface area (Å²) in [6.45, 7) is 8.01. The Morgan fingerprint density at radius 1 is 1.14 bits per heavy atom. The zero-order valence-electron chi connectivity index (χ0n) is 16.4. The van der Waals surface area contributed by atoms with Crippen LogP contribution in [0.25, 0.3) is 11.1 Å². The minimum absolute atomic E-state index is 0.0753. The number of nitrogens with zero attached hydrogens (tertiary/aromatic N) is 1. The van der Waals surface area contributed by atoms with Crippen LogP contribution in [0.5, 0.6) is 5.75 Å². The minimum atomic E-state index is -0.273. The summed E-state index contributed by atoms with van der Waals surface area (Å²) < 4.78 is 5.57. The van der Waals surface area contributed by atoms with Gasteiger partial charge in [0.15, 0.2) is 6.61 Å². The third kappa shape index (κ3) is 5.19. The van der Waals surface area contributed by atoms with Gasteiger partial charge in [0, 0.05) is 0 Å². The molecule has 1 aliphatic carbocycles. The maximum absolute atomic E-state index is 12.1. The Morgan fingerprint density at radius 3 is 2.50 bits per heavy atom. The molecule has 0 saturated carbocycles. The highest BCUT2D eigenvalue weighted by Crippen LogP contribution is 2.26. The predicted octanol–water partition coefficient (Wildman–Crippen LogP) is 5.14. The number of carbonyl (C=O) groups excluding carboxylic acids is 1. The van der Waals surface area contributed by atoms with Crippen LogP contribution in [0.15, 0.2) is 83.5 Å². The van der Waals surface area contributed by atoms with Gasteiger partial charge in [-0.05, 0) is 61.4 Å². The second kappa shape index (κ2) is 9.18. The number of rotatable bonds is 6. The molecule has 3 rings (SSSR count). The fourth-order valence-corrected chi connectivity index (χ4v) is 3.11. The van der Waals surface area contributed by atoms with Crippen LogP contribution in [0.2, 0.25) is 0 Å². The number of benzene rings is 2. The van der Waals surface area contributed by atoms with Gasteiger partial charge in [0.25, 0.3) is 5.91 Å². The van der Waals surface area contributed by atoms with Crippen molar-refractivity contribution in [2.75, 3.05) is 6.61 Å². The molecule has 28 heavy (non-hydrogen) atoms. The van der Waals surface area contributed by atoms with Crippen LogP contribution >= 0.6 is 0 Å². The molecule has 1 N–H and O–H groups in total. The van der Waals surface area contributed by atoms with E-state index in [2.05, 4.69) is 35.3 Å². The monoisotopic (exact) mass is 374 g/mol. The number of ether oxygens (including phenoxy) is 1. The topological polar surface area (TPSA) is 50.7 Å². The Labute approximate surface area is 166 Å². The maximum atomic E-state index is 12.1. The molecular formula is C24H26N2O2. The highest BCUT2D eigenvalue weighted by Gasteiger charge is 2.18. The van der Waals surface area contributed by atoms with Gasteiger partial charge in [0.05, 0.1) is 5.71 Å². The van der Waals surface area contributed by atoms with E-state index in [1.165, 1.54) is 0 Å². The number of allylic oxidation sites excluding steroid dienone is 3. The average Bonchev–Trinajstić information content (AvgIpc) is 2.72. The lowest BCUT2D eigenvalue weighted by molar-refractivity contribution is -0.123. The van der Waals surface area contributed by atoms with Gasteiger partial charge in [0.1, 0.15) is 5.75 Å². The van der Waals surface area contributed by atoms with E-state index in [0.717, 1.165) is 40.8 Å². The van der Waals surface area contributed by atoms with Crippen molar-refractivity contribution in [1.29, 1.82) is 0 Å². The Hall–Kier alpha value is -3.14. The van der Waals surface area contributed by atoms with Crippen LogP contribution in [0.3, 0.4) is 0 Å². The molecular weight excluding hydrogens is 348 g/mol. The molecule has 1 unspecified atom stereocenters. The molecule has 4 nitrogen and oxygen atoms in total. The number of hydrazone groups is 1. The van der Waals surface area contributed by atoms with Crippen LogP contribution in [-0.4, -0.2) is 18.2 Å². The molecule has 144 valence electrons. The van der Waals surface area contributed by atoms with Gasteiger partial charge < -0.3 is 4.74 Å². The molecule has 1 atom stereocenters. The highest BCUT2D eigenvalue weighted by molar-refractivity contribution is 6.01. The van der Waals surface area contributed by atoms with Gasteiger partial charge >= 0.3 is 0 Å². The van der Waals surface area contributed by atoms with E-state index in [1.807, 2.05) is 56.3 Å². The van der Waals surface area contributed by atoms with Crippen LogP contribution in [0.1, 0.15) is 26.7 Å². The molecule has 0 spiro atoms. The van der Waals surface area contributed by atoms with Gasteiger partial charge in [-0.3, -0.25) is 4.79 Å². The van der Waals surface area contributed by atoms with Crippen molar-refractivity contribution in [3.8, 4) is 16.9 Å². The largest absolute Gasteiger partial charge is 0.484 e.